The minimum absolute atomic E-state index is 0.655. The first-order chi connectivity index (χ1) is 14.3. The Kier molecular flexibility index (Phi) is 11.0. The van der Waals surface area contributed by atoms with Gasteiger partial charge in [-0.05, 0) is 0 Å². The van der Waals surface area contributed by atoms with Crippen LogP contribution in [0.25, 0.3) is 0 Å². The number of hydrogen-bond acceptors (Lipinski definition) is 14. The van der Waals surface area contributed by atoms with Crippen molar-refractivity contribution >= 4 is 58.9 Å². The monoisotopic (exact) mass is 611 g/mol. The zero-order valence-electron chi connectivity index (χ0n) is 15.4. The van der Waals surface area contributed by atoms with Crippen molar-refractivity contribution in [2.75, 3.05) is 13.6 Å². The summed E-state index contributed by atoms with van der Waals surface area (Å²) in [4.78, 5) is 74.3. The van der Waals surface area contributed by atoms with Crippen LogP contribution in [0.4, 0.5) is 0 Å². The number of nitrogens with two attached hydrogens (primary N) is 1. The predicted octanol–water partition coefficient (Wildman–Crippen LogP) is -0.967. The fraction of sp³-hybridized carbons (Fsp3) is 0.500. The lowest BCUT2D eigenvalue weighted by Gasteiger charge is -2.20. The summed E-state index contributed by atoms with van der Waals surface area (Å²) < 4.78 is 87.8. The molecule has 0 radical (unpaired) electrons. The van der Waals surface area contributed by atoms with E-state index in [4.69, 9.17) is 30.7 Å². The van der Waals surface area contributed by atoms with Gasteiger partial charge in [-0.1, -0.05) is 0 Å². The Bertz CT molecular complexity index is 1040. The molecule has 0 aromatic rings. The van der Waals surface area contributed by atoms with Crippen LogP contribution in [0.5, 0.6) is 0 Å². The van der Waals surface area contributed by atoms with Crippen LogP contribution in [0.3, 0.4) is 0 Å². The number of phosphoric acid groups is 6. The maximum atomic E-state index is 11.6. The van der Waals surface area contributed by atoms with Gasteiger partial charge in [0.15, 0.2) is 5.96 Å². The average Bonchev–Trinajstić information content (AvgIpc) is 2.36. The van der Waals surface area contributed by atoms with E-state index in [0.29, 0.717) is 4.90 Å². The SMILES string of the molecule is CN(CC(=O)OP(=O)(O)OP(=O)(O)OP(=O)(O)OP(=O)(O)OP(=O)(O)OP(=O)(O)O)C(=N)N. The fourth-order valence-electron chi connectivity index (χ4n) is 1.17. The molecule has 0 amide bonds. The first kappa shape index (κ1) is 32.6. The molecule has 23 nitrogen and oxygen atoms in total. The lowest BCUT2D eigenvalue weighted by Crippen LogP contribution is -2.37. The van der Waals surface area contributed by atoms with Gasteiger partial charge < -0.3 is 44.5 Å². The van der Waals surface area contributed by atoms with Crippen LogP contribution in [-0.4, -0.2) is 64.7 Å². The van der Waals surface area contributed by atoms with E-state index in [1.165, 1.54) is 0 Å². The van der Waals surface area contributed by atoms with Crippen molar-refractivity contribution < 1.29 is 92.5 Å². The minimum atomic E-state index is -6.41. The second-order valence-electron chi connectivity index (χ2n) is 4.95. The van der Waals surface area contributed by atoms with Crippen molar-refractivity contribution in [2.24, 2.45) is 5.73 Å². The number of nitrogens with one attached hydrogen (secondary N) is 1. The summed E-state index contributed by atoms with van der Waals surface area (Å²) in [6.45, 7) is -0.968. The number of nitrogens with zero attached hydrogens (tertiary/aromatic N) is 1. The summed E-state index contributed by atoms with van der Waals surface area (Å²) in [5.41, 5.74) is 4.97. The summed E-state index contributed by atoms with van der Waals surface area (Å²) >= 11 is 0. The highest BCUT2D eigenvalue weighted by Crippen LogP contribution is 2.74. The van der Waals surface area contributed by atoms with E-state index in [1.54, 1.807) is 0 Å². The number of phosphoric ester groups is 1. The van der Waals surface area contributed by atoms with Gasteiger partial charge >= 0.3 is 52.9 Å². The van der Waals surface area contributed by atoms with Gasteiger partial charge in [-0.2, -0.15) is 21.6 Å². The number of rotatable bonds is 13. The summed E-state index contributed by atoms with van der Waals surface area (Å²) in [5.74, 6) is -2.40. The molecule has 0 spiro atoms. The maximum Gasteiger partial charge on any atom is 0.538 e. The van der Waals surface area contributed by atoms with E-state index in [1.807, 2.05) is 0 Å². The molecular weight excluding hydrogens is 596 g/mol. The van der Waals surface area contributed by atoms with Gasteiger partial charge in [-0.25, -0.2) is 32.2 Å². The van der Waals surface area contributed by atoms with Crippen molar-refractivity contribution in [3.8, 4) is 0 Å². The van der Waals surface area contributed by atoms with Crippen LogP contribution in [0.1, 0.15) is 0 Å². The number of carbonyl (C=O) groups excluding carboxylic acids is 1. The first-order valence-corrected chi connectivity index (χ1v) is 15.8. The third kappa shape index (κ3) is 15.3. The van der Waals surface area contributed by atoms with Crippen LogP contribution in [-0.2, 0) is 58.3 Å². The summed E-state index contributed by atoms with van der Waals surface area (Å²) in [7, 11) is -35.9. The Morgan fingerprint density at radius 3 is 1.33 bits per heavy atom. The van der Waals surface area contributed by atoms with E-state index in [-0.39, 0.29) is 0 Å². The Morgan fingerprint density at radius 2 is 1.03 bits per heavy atom. The van der Waals surface area contributed by atoms with Gasteiger partial charge in [0, 0.05) is 7.05 Å². The summed E-state index contributed by atoms with van der Waals surface area (Å²) in [5, 5.41) is 6.96. The smallest absolute Gasteiger partial charge is 0.370 e. The molecule has 0 bridgehead atoms. The first-order valence-electron chi connectivity index (χ1n) is 6.79. The summed E-state index contributed by atoms with van der Waals surface area (Å²) in [6, 6.07) is 0. The Labute approximate surface area is 181 Å². The van der Waals surface area contributed by atoms with Crippen molar-refractivity contribution in [3.05, 3.63) is 0 Å². The average molecular weight is 611 g/mol. The van der Waals surface area contributed by atoms with Crippen molar-refractivity contribution in [1.82, 2.24) is 4.90 Å². The van der Waals surface area contributed by atoms with E-state index in [9.17, 15) is 46.9 Å². The zero-order chi connectivity index (χ0) is 26.7. The number of carbonyl (C=O) groups is 1. The van der Waals surface area contributed by atoms with Gasteiger partial charge in [0.2, 0.25) is 0 Å². The standard InChI is InChI=1S/C4H15N3O20P6/c1-7(4(5)6)2-3(8)22-29(12,13)24-31(16,17)26-33(20,21)27-32(18,19)25-30(14,15)23-28(9,10)11/h2H2,1H3,(H3,5,6)(H,12,13)(H,14,15)(H,16,17)(H,18,19)(H,20,21)(H2,9,10,11). The van der Waals surface area contributed by atoms with E-state index < -0.39 is 65.4 Å². The second-order valence-corrected chi connectivity index (χ2v) is 14.1. The van der Waals surface area contributed by atoms with Crippen LogP contribution < -0.4 is 5.73 Å². The number of guanidine groups is 1. The van der Waals surface area contributed by atoms with Gasteiger partial charge in [0.25, 0.3) is 0 Å². The molecule has 29 heteroatoms. The van der Waals surface area contributed by atoms with Crippen LogP contribution >= 0.6 is 46.9 Å². The van der Waals surface area contributed by atoms with Crippen molar-refractivity contribution in [1.29, 1.82) is 5.41 Å². The van der Waals surface area contributed by atoms with Gasteiger partial charge in [-0.3, -0.25) is 10.3 Å². The molecule has 0 aromatic carbocycles. The van der Waals surface area contributed by atoms with E-state index >= 15 is 0 Å². The third-order valence-corrected chi connectivity index (χ3v) is 10.7. The molecule has 0 aromatic heterocycles. The normalized spacial score (nSPS) is 21.3. The molecule has 0 heterocycles. The molecule has 0 aliphatic carbocycles. The van der Waals surface area contributed by atoms with E-state index in [2.05, 4.69) is 26.1 Å². The van der Waals surface area contributed by atoms with Crippen molar-refractivity contribution in [3.63, 3.8) is 0 Å². The van der Waals surface area contributed by atoms with E-state index in [0.717, 1.165) is 7.05 Å². The third-order valence-electron chi connectivity index (χ3n) is 2.03. The Hall–Kier alpha value is -0.360. The van der Waals surface area contributed by atoms with Gasteiger partial charge in [0.05, 0.1) is 0 Å². The topological polar surface area (TPSA) is 370 Å². The highest BCUT2D eigenvalue weighted by molar-refractivity contribution is 7.72. The quantitative estimate of drug-likeness (QED) is 0.0687. The lowest BCUT2D eigenvalue weighted by atomic mass is 10.6. The Balaban J connectivity index is 5.27. The van der Waals surface area contributed by atoms with Crippen LogP contribution in [0.15, 0.2) is 0 Å². The largest absolute Gasteiger partial charge is 0.538 e. The number of likely N-dealkylation sites (N-methyl/N-ethyl adjacent to an activating group) is 1. The molecule has 0 saturated carbocycles. The fourth-order valence-corrected chi connectivity index (χ4v) is 8.42. The van der Waals surface area contributed by atoms with Gasteiger partial charge in [0.1, 0.15) is 6.54 Å². The van der Waals surface area contributed by atoms with Crippen LogP contribution in [0, 0.1) is 5.41 Å². The molecule has 196 valence electrons. The molecule has 10 N–H and O–H groups in total. The summed E-state index contributed by atoms with van der Waals surface area (Å²) in [6.07, 6.45) is 0. The molecule has 5 unspecified atom stereocenters. The Morgan fingerprint density at radius 1 is 0.727 bits per heavy atom. The maximum absolute atomic E-state index is 11.6. The molecule has 0 fully saturated rings. The van der Waals surface area contributed by atoms with Gasteiger partial charge in [-0.15, -0.1) is 0 Å². The molecule has 5 atom stereocenters. The number of hydrogen-bond donors (Lipinski definition) is 9. The molecule has 0 aliphatic rings. The predicted molar refractivity (Wildman–Crippen MR) is 97.2 cm³/mol. The minimum Gasteiger partial charge on any atom is -0.370 e. The second kappa shape index (κ2) is 11.1. The highest BCUT2D eigenvalue weighted by atomic mass is 31.3. The molecule has 0 saturated heterocycles. The highest BCUT2D eigenvalue weighted by Gasteiger charge is 2.49. The molecular formula is C4H15N3O20P6. The molecule has 33 heavy (non-hydrogen) atoms. The zero-order valence-corrected chi connectivity index (χ0v) is 20.7. The molecule has 0 rings (SSSR count). The van der Waals surface area contributed by atoms with Crippen LogP contribution in [0.2, 0.25) is 0 Å². The lowest BCUT2D eigenvalue weighted by molar-refractivity contribution is -0.135. The molecule has 0 aliphatic heterocycles. The van der Waals surface area contributed by atoms with Crippen molar-refractivity contribution in [2.45, 2.75) is 0 Å².